The van der Waals surface area contributed by atoms with Crippen LogP contribution in [0.2, 0.25) is 0 Å². The molecular weight excluding hydrogens is 283 g/mol. The van der Waals surface area contributed by atoms with E-state index in [0.29, 0.717) is 6.07 Å². The van der Waals surface area contributed by atoms with Gasteiger partial charge >= 0.3 is 0 Å². The van der Waals surface area contributed by atoms with Crippen molar-refractivity contribution in [1.29, 1.82) is 0 Å². The number of nitrogens with zero attached hydrogens (tertiary/aromatic N) is 1. The van der Waals surface area contributed by atoms with Crippen LogP contribution in [-0.2, 0) is 4.79 Å². The minimum atomic E-state index is -1.01. The minimum absolute atomic E-state index is 0.316. The second-order valence-electron chi connectivity index (χ2n) is 4.75. The highest BCUT2D eigenvalue weighted by Crippen LogP contribution is 2.24. The predicted molar refractivity (Wildman–Crippen MR) is 72.8 cm³/mol. The Morgan fingerprint density at radius 3 is 2.38 bits per heavy atom. The zero-order valence-electron chi connectivity index (χ0n) is 11.4. The van der Waals surface area contributed by atoms with Crippen molar-refractivity contribution in [3.05, 3.63) is 33.6 Å². The second-order valence-corrected chi connectivity index (χ2v) is 4.75. The lowest BCUT2D eigenvalue weighted by Gasteiger charge is -2.19. The van der Waals surface area contributed by atoms with Crippen LogP contribution in [0.25, 0.3) is 0 Å². The average Bonchev–Trinajstić information content (AvgIpc) is 2.37. The fraction of sp³-hybridized carbons (Fsp3) is 0.333. The quantitative estimate of drug-likeness (QED) is 0.413. The van der Waals surface area contributed by atoms with Gasteiger partial charge in [-0.05, 0) is 12.0 Å². The molecule has 0 fully saturated rings. The van der Waals surface area contributed by atoms with Gasteiger partial charge in [-0.15, -0.1) is 0 Å². The Kier molecular flexibility index (Phi) is 4.79. The highest BCUT2D eigenvalue weighted by molar-refractivity contribution is 6.01. The summed E-state index contributed by atoms with van der Waals surface area (Å²) in [5.41, 5.74) is 8.86. The first-order chi connectivity index (χ1) is 9.65. The summed E-state index contributed by atoms with van der Waals surface area (Å²) in [5, 5.41) is 13.1. The van der Waals surface area contributed by atoms with Gasteiger partial charge in [0.1, 0.15) is 11.6 Å². The molecule has 1 atom stereocenters. The molecule has 1 aromatic rings. The van der Waals surface area contributed by atoms with Crippen LogP contribution < -0.4 is 16.8 Å². The fourth-order valence-corrected chi connectivity index (χ4v) is 1.70. The summed E-state index contributed by atoms with van der Waals surface area (Å²) in [5.74, 6) is -3.03. The highest BCUT2D eigenvalue weighted by atomic mass is 19.1. The van der Waals surface area contributed by atoms with Crippen molar-refractivity contribution in [2.45, 2.75) is 19.9 Å². The molecule has 21 heavy (non-hydrogen) atoms. The minimum Gasteiger partial charge on any atom is -0.396 e. The van der Waals surface area contributed by atoms with Gasteiger partial charge in [-0.2, -0.15) is 0 Å². The predicted octanol–water partition coefficient (Wildman–Crippen LogP) is 0.556. The van der Waals surface area contributed by atoms with Gasteiger partial charge in [0, 0.05) is 0 Å². The Balaban J connectivity index is 3.21. The summed E-state index contributed by atoms with van der Waals surface area (Å²) < 4.78 is 13.3. The molecule has 0 saturated carbocycles. The smallest absolute Gasteiger partial charge is 0.285 e. The summed E-state index contributed by atoms with van der Waals surface area (Å²) in [6.45, 7) is 3.28. The monoisotopic (exact) mass is 298 g/mol. The first-order valence-electron chi connectivity index (χ1n) is 5.98. The van der Waals surface area contributed by atoms with Gasteiger partial charge in [0.25, 0.3) is 11.6 Å². The number of nitro benzene ring substituents is 1. The Hall–Kier alpha value is -2.71. The first kappa shape index (κ1) is 16.3. The molecule has 1 aromatic carbocycles. The van der Waals surface area contributed by atoms with E-state index >= 15 is 0 Å². The molecule has 5 N–H and O–H groups in total. The number of rotatable bonds is 5. The number of carbonyl (C=O) groups is 2. The number of carbonyl (C=O) groups excluding carboxylic acids is 2. The third kappa shape index (κ3) is 3.65. The average molecular weight is 298 g/mol. The van der Waals surface area contributed by atoms with Crippen molar-refractivity contribution in [1.82, 2.24) is 5.32 Å². The number of benzene rings is 1. The molecule has 2 amide bonds. The Morgan fingerprint density at radius 2 is 1.95 bits per heavy atom. The summed E-state index contributed by atoms with van der Waals surface area (Å²) in [4.78, 5) is 33.2. The SMILES string of the molecule is CC(C)C(NC(=O)c1cc(N)c(F)cc1[N+](=O)[O-])C(N)=O. The molecule has 1 rings (SSSR count). The number of primary amides is 1. The van der Waals surface area contributed by atoms with Crippen LogP contribution >= 0.6 is 0 Å². The van der Waals surface area contributed by atoms with E-state index in [-0.39, 0.29) is 5.92 Å². The molecule has 0 aliphatic rings. The zero-order chi connectivity index (χ0) is 16.3. The van der Waals surface area contributed by atoms with Crippen molar-refractivity contribution in [2.24, 2.45) is 11.7 Å². The third-order valence-corrected chi connectivity index (χ3v) is 2.82. The van der Waals surface area contributed by atoms with E-state index in [1.165, 1.54) is 0 Å². The van der Waals surface area contributed by atoms with Gasteiger partial charge in [-0.3, -0.25) is 19.7 Å². The summed E-state index contributed by atoms with van der Waals surface area (Å²) >= 11 is 0. The van der Waals surface area contributed by atoms with Crippen molar-refractivity contribution in [2.75, 3.05) is 5.73 Å². The molecule has 0 heterocycles. The number of anilines is 1. The third-order valence-electron chi connectivity index (χ3n) is 2.82. The van der Waals surface area contributed by atoms with Crippen LogP contribution in [0.1, 0.15) is 24.2 Å². The lowest BCUT2D eigenvalue weighted by atomic mass is 10.0. The van der Waals surface area contributed by atoms with Gasteiger partial charge in [0.2, 0.25) is 5.91 Å². The topological polar surface area (TPSA) is 141 Å². The molecule has 0 aliphatic carbocycles. The molecule has 114 valence electrons. The van der Waals surface area contributed by atoms with Gasteiger partial charge in [0.05, 0.1) is 16.7 Å². The normalized spacial score (nSPS) is 12.0. The lowest BCUT2D eigenvalue weighted by Crippen LogP contribution is -2.47. The van der Waals surface area contributed by atoms with E-state index < -0.39 is 45.5 Å². The summed E-state index contributed by atoms with van der Waals surface area (Å²) in [6, 6.07) is 0.392. The van der Waals surface area contributed by atoms with Crippen molar-refractivity contribution in [3.8, 4) is 0 Å². The van der Waals surface area contributed by atoms with Crippen molar-refractivity contribution >= 4 is 23.2 Å². The number of nitrogens with two attached hydrogens (primary N) is 2. The molecule has 0 aromatic heterocycles. The maximum Gasteiger partial charge on any atom is 0.285 e. The maximum absolute atomic E-state index is 13.3. The van der Waals surface area contributed by atoms with E-state index in [0.717, 1.165) is 6.07 Å². The largest absolute Gasteiger partial charge is 0.396 e. The van der Waals surface area contributed by atoms with Crippen molar-refractivity contribution < 1.29 is 18.9 Å². The van der Waals surface area contributed by atoms with Crippen LogP contribution in [0, 0.1) is 21.8 Å². The molecule has 0 bridgehead atoms. The van der Waals surface area contributed by atoms with E-state index in [1.54, 1.807) is 13.8 Å². The molecule has 0 aliphatic heterocycles. The molecule has 8 nitrogen and oxygen atoms in total. The fourth-order valence-electron chi connectivity index (χ4n) is 1.70. The molecule has 0 radical (unpaired) electrons. The van der Waals surface area contributed by atoms with E-state index in [2.05, 4.69) is 5.32 Å². The highest BCUT2D eigenvalue weighted by Gasteiger charge is 2.27. The van der Waals surface area contributed by atoms with Gasteiger partial charge in [0.15, 0.2) is 5.82 Å². The number of halogens is 1. The van der Waals surface area contributed by atoms with Gasteiger partial charge < -0.3 is 16.8 Å². The summed E-state index contributed by atoms with van der Waals surface area (Å²) in [6.07, 6.45) is 0. The molecule has 9 heteroatoms. The van der Waals surface area contributed by atoms with Crippen LogP contribution in [0.4, 0.5) is 15.8 Å². The number of nitrogen functional groups attached to an aromatic ring is 1. The van der Waals surface area contributed by atoms with Crippen LogP contribution in [0.3, 0.4) is 0 Å². The van der Waals surface area contributed by atoms with Gasteiger partial charge in [-0.25, -0.2) is 4.39 Å². The number of amides is 2. The standard InChI is InChI=1S/C12H15FN4O4/c1-5(2)10(11(15)18)16-12(19)6-3-8(14)7(13)4-9(6)17(20)21/h3-5,10H,14H2,1-2H3,(H2,15,18)(H,16,19). The molecular formula is C12H15FN4O4. The summed E-state index contributed by atoms with van der Waals surface area (Å²) in [7, 11) is 0. The number of nitro groups is 1. The number of nitrogens with one attached hydrogen (secondary N) is 1. The van der Waals surface area contributed by atoms with Crippen LogP contribution in [0.15, 0.2) is 12.1 Å². The first-order valence-corrected chi connectivity index (χ1v) is 5.98. The zero-order valence-corrected chi connectivity index (χ0v) is 11.4. The van der Waals surface area contributed by atoms with Crippen LogP contribution in [-0.4, -0.2) is 22.8 Å². The molecule has 1 unspecified atom stereocenters. The van der Waals surface area contributed by atoms with E-state index in [4.69, 9.17) is 11.5 Å². The van der Waals surface area contributed by atoms with Crippen molar-refractivity contribution in [3.63, 3.8) is 0 Å². The van der Waals surface area contributed by atoms with E-state index in [9.17, 15) is 24.1 Å². The van der Waals surface area contributed by atoms with Crippen LogP contribution in [0.5, 0.6) is 0 Å². The number of hydrogen-bond acceptors (Lipinski definition) is 5. The second kappa shape index (κ2) is 6.16. The van der Waals surface area contributed by atoms with E-state index in [1.807, 2.05) is 0 Å². The Morgan fingerprint density at radius 1 is 1.38 bits per heavy atom. The maximum atomic E-state index is 13.3. The Labute approximate surface area is 119 Å². The molecule has 0 saturated heterocycles. The Bertz CT molecular complexity index is 603. The van der Waals surface area contributed by atoms with Gasteiger partial charge in [-0.1, -0.05) is 13.8 Å². The molecule has 0 spiro atoms. The lowest BCUT2D eigenvalue weighted by molar-refractivity contribution is -0.385. The number of hydrogen-bond donors (Lipinski definition) is 3.